The molecule has 8 heteroatoms. The van der Waals surface area contributed by atoms with Crippen molar-refractivity contribution in [2.24, 2.45) is 21.1 Å². The van der Waals surface area contributed by atoms with Gasteiger partial charge < -0.3 is 0 Å². The van der Waals surface area contributed by atoms with Gasteiger partial charge in [-0.2, -0.15) is 0 Å². The van der Waals surface area contributed by atoms with Gasteiger partial charge in [0.25, 0.3) is 0 Å². The zero-order chi connectivity index (χ0) is 10.6. The molecule has 2 aromatic heterocycles. The first-order valence-corrected chi connectivity index (χ1v) is 4.01. The van der Waals surface area contributed by atoms with Crippen LogP contribution in [0.1, 0.15) is 7.25 Å². The summed E-state index contributed by atoms with van der Waals surface area (Å²) < 4.78 is 4.89. The number of rotatable bonds is 0. The molecule has 0 spiro atoms. The lowest BCUT2D eigenvalue weighted by Crippen LogP contribution is -2.28. The summed E-state index contributed by atoms with van der Waals surface area (Å²) in [6, 6.07) is 0. The van der Waals surface area contributed by atoms with E-state index in [0.717, 1.165) is 5.82 Å². The second-order valence-electron chi connectivity index (χ2n) is 2.79. The molecule has 0 fully saturated rings. The highest BCUT2D eigenvalue weighted by Gasteiger charge is 1.92. The number of aryl methyl sites for hydroxylation is 4. The monoisotopic (exact) mass is 200 g/mol. The fraction of sp³-hybridized carbons (Fsp3) is 0.667. The van der Waals surface area contributed by atoms with E-state index in [1.54, 1.807) is 27.4 Å². The second kappa shape index (κ2) is 4.40. The Hall–Kier alpha value is -1.86. The molecule has 14 heavy (non-hydrogen) atoms. The minimum Gasteiger partial charge on any atom is -0.233 e. The molecule has 0 unspecified atom stereocenters. The molecule has 8 nitrogen and oxygen atoms in total. The first-order chi connectivity index (χ1) is 6.59. The highest BCUT2D eigenvalue weighted by molar-refractivity contribution is 4.69. The molecule has 0 aliphatic carbocycles. The van der Waals surface area contributed by atoms with E-state index in [2.05, 4.69) is 26.0 Å². The predicted octanol–water partition coefficient (Wildman–Crippen LogP) is -1.60. The van der Waals surface area contributed by atoms with E-state index in [1.165, 1.54) is 0 Å². The van der Waals surface area contributed by atoms with Crippen molar-refractivity contribution >= 4 is 0 Å². The Bertz CT molecular complexity index is 360. The fourth-order valence-electron chi connectivity index (χ4n) is 0.688. The molecular weight excluding hydrogens is 184 g/mol. The van der Waals surface area contributed by atoms with Crippen molar-refractivity contribution in [3.8, 4) is 0 Å². The molecule has 0 amide bonds. The van der Waals surface area contributed by atoms with Gasteiger partial charge in [0, 0.05) is 8.47 Å². The maximum atomic E-state index is 3.65. The Morgan fingerprint density at radius 3 is 2.21 bits per heavy atom. The van der Waals surface area contributed by atoms with Gasteiger partial charge in [-0.3, -0.25) is 0 Å². The molecule has 2 heterocycles. The third kappa shape index (κ3) is 2.88. The minimum absolute atomic E-state index is 0. The van der Waals surface area contributed by atoms with Gasteiger partial charge in [-0.15, -0.1) is 9.78 Å². The Morgan fingerprint density at radius 2 is 2.07 bits per heavy atom. The number of aromatic nitrogens is 8. The third-order valence-corrected chi connectivity index (χ3v) is 1.49. The summed E-state index contributed by atoms with van der Waals surface area (Å²) in [5.74, 6) is 0.833. The topological polar surface area (TPSA) is 78.2 Å². The molecule has 0 aromatic carbocycles. The van der Waals surface area contributed by atoms with Crippen LogP contribution in [0.25, 0.3) is 0 Å². The quantitative estimate of drug-likeness (QED) is 0.479. The van der Waals surface area contributed by atoms with Crippen LogP contribution in [0.5, 0.6) is 0 Å². The lowest BCUT2D eigenvalue weighted by Gasteiger charge is -1.81. The van der Waals surface area contributed by atoms with E-state index in [9.17, 15) is 0 Å². The van der Waals surface area contributed by atoms with Gasteiger partial charge in [0.15, 0.2) is 5.21 Å². The van der Waals surface area contributed by atoms with Gasteiger partial charge in [-0.25, -0.2) is 4.68 Å². The SMILES string of the molecule is Cc1nnnn1C.Cn1c[n+](C)nn1.[2HH]. The van der Waals surface area contributed by atoms with Gasteiger partial charge in [-0.05, 0) is 17.4 Å². The number of tetrazole rings is 2. The fourth-order valence-corrected chi connectivity index (χ4v) is 0.688. The average Bonchev–Trinajstić information content (AvgIpc) is 2.65. The average molecular weight is 200 g/mol. The molecule has 0 atom stereocenters. The summed E-state index contributed by atoms with van der Waals surface area (Å²) in [5.41, 5.74) is 0. The summed E-state index contributed by atoms with van der Waals surface area (Å²) in [6.07, 6.45) is 1.78. The molecule has 2 rings (SSSR count). The molecule has 0 saturated carbocycles. The first kappa shape index (κ1) is 10.2. The Labute approximate surface area is 82.6 Å². The van der Waals surface area contributed by atoms with Crippen molar-refractivity contribution in [3.63, 3.8) is 0 Å². The summed E-state index contributed by atoms with van der Waals surface area (Å²) in [6.45, 7) is 1.85. The van der Waals surface area contributed by atoms with Crippen molar-refractivity contribution in [1.82, 2.24) is 35.3 Å². The van der Waals surface area contributed by atoms with Gasteiger partial charge in [0.2, 0.25) is 6.33 Å². The number of hydrogen-bond donors (Lipinski definition) is 0. The van der Waals surface area contributed by atoms with Crippen LogP contribution in [0.4, 0.5) is 0 Å². The van der Waals surface area contributed by atoms with Crippen LogP contribution >= 0.6 is 0 Å². The minimum atomic E-state index is 0. The summed E-state index contributed by atoms with van der Waals surface area (Å²) in [4.78, 5) is 0. The van der Waals surface area contributed by atoms with E-state index in [1.807, 2.05) is 21.0 Å². The Kier molecular flexibility index (Phi) is 3.21. The van der Waals surface area contributed by atoms with E-state index in [4.69, 9.17) is 0 Å². The van der Waals surface area contributed by atoms with E-state index in [0.29, 0.717) is 0 Å². The van der Waals surface area contributed by atoms with E-state index in [-0.39, 0.29) is 1.43 Å². The standard InChI is InChI=1S/C3H7N4.C3H6N4.H2/c1-6-3-7(2)5-4-6;1-3-4-5-6-7(3)2;/h3H,1-2H3;1-2H3;1H/q+1;;/i;;1+1. The van der Waals surface area contributed by atoms with Crippen molar-refractivity contribution in [2.75, 3.05) is 0 Å². The lowest BCUT2D eigenvalue weighted by molar-refractivity contribution is -0.731. The van der Waals surface area contributed by atoms with E-state index >= 15 is 0 Å². The highest BCUT2D eigenvalue weighted by atomic mass is 15.6. The molecule has 0 aliphatic heterocycles. The van der Waals surface area contributed by atoms with Gasteiger partial charge >= 0.3 is 0 Å². The van der Waals surface area contributed by atoms with Crippen LogP contribution in [0.2, 0.25) is 0 Å². The molecular formula is C6H15N8+. The summed E-state index contributed by atoms with van der Waals surface area (Å²) in [5, 5.41) is 17.9. The predicted molar refractivity (Wildman–Crippen MR) is 47.8 cm³/mol. The van der Waals surface area contributed by atoms with Crippen LogP contribution in [0.3, 0.4) is 0 Å². The molecule has 0 N–H and O–H groups in total. The van der Waals surface area contributed by atoms with Crippen molar-refractivity contribution < 1.29 is 6.11 Å². The zero-order valence-electron chi connectivity index (χ0n) is 8.66. The van der Waals surface area contributed by atoms with Crippen molar-refractivity contribution in [1.29, 1.82) is 0 Å². The Morgan fingerprint density at radius 1 is 1.36 bits per heavy atom. The third-order valence-electron chi connectivity index (χ3n) is 1.49. The summed E-state index contributed by atoms with van der Waals surface area (Å²) in [7, 11) is 5.45. The normalized spacial score (nSPS) is 9.43. The molecule has 2 aromatic rings. The van der Waals surface area contributed by atoms with Crippen LogP contribution in [0.15, 0.2) is 6.33 Å². The Balaban J connectivity index is 0.000000245. The summed E-state index contributed by atoms with van der Waals surface area (Å²) >= 11 is 0. The molecule has 78 valence electrons. The largest absolute Gasteiger partial charge is 0.243 e. The number of hydrogen-bond acceptors (Lipinski definition) is 5. The number of nitrogens with zero attached hydrogens (tertiary/aromatic N) is 8. The van der Waals surface area contributed by atoms with Crippen molar-refractivity contribution in [2.45, 2.75) is 6.92 Å². The maximum absolute atomic E-state index is 3.65. The second-order valence-corrected chi connectivity index (χ2v) is 2.79. The maximum Gasteiger partial charge on any atom is 0.243 e. The van der Waals surface area contributed by atoms with Crippen LogP contribution in [-0.2, 0) is 21.1 Å². The highest BCUT2D eigenvalue weighted by Crippen LogP contribution is 1.78. The first-order valence-electron chi connectivity index (χ1n) is 4.01. The lowest BCUT2D eigenvalue weighted by atomic mass is 10.7. The smallest absolute Gasteiger partial charge is 0.233 e. The molecule has 0 saturated heterocycles. The van der Waals surface area contributed by atoms with Crippen LogP contribution < -0.4 is 4.68 Å². The van der Waals surface area contributed by atoms with Gasteiger partial charge in [0.05, 0.1) is 14.1 Å². The van der Waals surface area contributed by atoms with Crippen molar-refractivity contribution in [3.05, 3.63) is 12.2 Å². The molecule has 0 bridgehead atoms. The van der Waals surface area contributed by atoms with Crippen LogP contribution in [-0.4, -0.2) is 35.3 Å². The van der Waals surface area contributed by atoms with E-state index < -0.39 is 0 Å². The van der Waals surface area contributed by atoms with Gasteiger partial charge in [-0.1, -0.05) is 4.68 Å². The van der Waals surface area contributed by atoms with Crippen LogP contribution in [0, 0.1) is 6.92 Å². The van der Waals surface area contributed by atoms with Gasteiger partial charge in [0.1, 0.15) is 11.0 Å². The molecule has 0 radical (unpaired) electrons. The zero-order valence-corrected chi connectivity index (χ0v) is 8.66. The molecule has 0 aliphatic rings.